The molecule has 0 amide bonds. The van der Waals surface area contributed by atoms with Gasteiger partial charge in [-0.15, -0.1) is 0 Å². The average Bonchev–Trinajstić information content (AvgIpc) is 2.76. The number of hydrogen-bond acceptors (Lipinski definition) is 4. The lowest BCUT2D eigenvalue weighted by molar-refractivity contribution is 0.390. The first kappa shape index (κ1) is 13.3. The number of hydrogen-bond donors (Lipinski definition) is 1. The molecule has 0 saturated carbocycles. The van der Waals surface area contributed by atoms with E-state index in [2.05, 4.69) is 23.5 Å². The van der Waals surface area contributed by atoms with E-state index in [1.165, 1.54) is 0 Å². The van der Waals surface area contributed by atoms with Crippen molar-refractivity contribution < 1.29 is 4.52 Å². The third kappa shape index (κ3) is 2.83. The summed E-state index contributed by atoms with van der Waals surface area (Å²) in [5, 5.41) is 16.4. The van der Waals surface area contributed by atoms with Gasteiger partial charge < -0.3 is 9.84 Å². The molecule has 1 heterocycles. The van der Waals surface area contributed by atoms with Crippen LogP contribution in [0.5, 0.6) is 0 Å². The number of nitriles is 1. The fraction of sp³-hybridized carbons (Fsp3) is 0.333. The van der Waals surface area contributed by atoms with E-state index in [0.29, 0.717) is 12.1 Å². The highest BCUT2D eigenvalue weighted by Crippen LogP contribution is 2.21. The van der Waals surface area contributed by atoms with Crippen LogP contribution in [0.15, 0.2) is 28.8 Å². The second kappa shape index (κ2) is 5.68. The minimum absolute atomic E-state index is 0.137. The van der Waals surface area contributed by atoms with Crippen molar-refractivity contribution in [1.82, 2.24) is 10.5 Å². The highest BCUT2D eigenvalue weighted by molar-refractivity contribution is 5.37. The van der Waals surface area contributed by atoms with Gasteiger partial charge in [0.15, 0.2) is 0 Å². The normalized spacial score (nSPS) is 12.1. The highest BCUT2D eigenvalue weighted by Gasteiger charge is 2.16. The SMILES string of the molecule is Cc1noc(C)c1C(C)NCc1ccccc1C#N. The topological polar surface area (TPSA) is 61.9 Å². The lowest BCUT2D eigenvalue weighted by atomic mass is 10.1. The van der Waals surface area contributed by atoms with Gasteiger partial charge in [-0.1, -0.05) is 23.4 Å². The Morgan fingerprint density at radius 1 is 1.37 bits per heavy atom. The van der Waals surface area contributed by atoms with Gasteiger partial charge in [-0.25, -0.2) is 0 Å². The smallest absolute Gasteiger partial charge is 0.138 e. The number of nitrogens with zero attached hydrogens (tertiary/aromatic N) is 2. The zero-order chi connectivity index (χ0) is 13.8. The van der Waals surface area contributed by atoms with Crippen LogP contribution in [0.25, 0.3) is 0 Å². The second-order valence-corrected chi connectivity index (χ2v) is 4.61. The standard InChI is InChI=1S/C15H17N3O/c1-10(15-11(2)18-19-12(15)3)17-9-14-7-5-4-6-13(14)8-16/h4-7,10,17H,9H2,1-3H3. The van der Waals surface area contributed by atoms with E-state index in [-0.39, 0.29) is 6.04 Å². The summed E-state index contributed by atoms with van der Waals surface area (Å²) in [6, 6.07) is 9.96. The minimum atomic E-state index is 0.137. The van der Waals surface area contributed by atoms with Crippen LogP contribution in [0.4, 0.5) is 0 Å². The number of aromatic nitrogens is 1. The Balaban J connectivity index is 2.09. The summed E-state index contributed by atoms with van der Waals surface area (Å²) < 4.78 is 5.17. The Morgan fingerprint density at radius 2 is 2.11 bits per heavy atom. The van der Waals surface area contributed by atoms with Gasteiger partial charge in [0.1, 0.15) is 5.76 Å². The van der Waals surface area contributed by atoms with Gasteiger partial charge in [-0.3, -0.25) is 0 Å². The molecular weight excluding hydrogens is 238 g/mol. The molecular formula is C15H17N3O. The Morgan fingerprint density at radius 3 is 2.74 bits per heavy atom. The van der Waals surface area contributed by atoms with Crippen molar-refractivity contribution in [2.75, 3.05) is 0 Å². The lowest BCUT2D eigenvalue weighted by Gasteiger charge is -2.14. The summed E-state index contributed by atoms with van der Waals surface area (Å²) in [6.45, 7) is 6.57. The van der Waals surface area contributed by atoms with Crippen LogP contribution in [0.3, 0.4) is 0 Å². The fourth-order valence-corrected chi connectivity index (χ4v) is 2.26. The molecule has 0 aliphatic carbocycles. The van der Waals surface area contributed by atoms with E-state index in [1.807, 2.05) is 38.1 Å². The van der Waals surface area contributed by atoms with Gasteiger partial charge in [-0.05, 0) is 32.4 Å². The molecule has 2 aromatic rings. The quantitative estimate of drug-likeness (QED) is 0.912. The van der Waals surface area contributed by atoms with Crippen molar-refractivity contribution in [3.05, 3.63) is 52.4 Å². The van der Waals surface area contributed by atoms with Gasteiger partial charge in [-0.2, -0.15) is 5.26 Å². The van der Waals surface area contributed by atoms with Gasteiger partial charge in [0.05, 0.1) is 17.3 Å². The fourth-order valence-electron chi connectivity index (χ4n) is 2.26. The predicted octanol–water partition coefficient (Wildman–Crippen LogP) is 3.01. The molecule has 4 nitrogen and oxygen atoms in total. The van der Waals surface area contributed by atoms with Crippen molar-refractivity contribution in [3.8, 4) is 6.07 Å². The number of nitrogens with one attached hydrogen (secondary N) is 1. The van der Waals surface area contributed by atoms with Crippen molar-refractivity contribution in [2.45, 2.75) is 33.4 Å². The first-order valence-electron chi connectivity index (χ1n) is 6.27. The average molecular weight is 255 g/mol. The maximum atomic E-state index is 9.05. The zero-order valence-electron chi connectivity index (χ0n) is 11.4. The third-order valence-corrected chi connectivity index (χ3v) is 3.26. The van der Waals surface area contributed by atoms with Crippen LogP contribution in [0.1, 0.15) is 41.1 Å². The van der Waals surface area contributed by atoms with Crippen molar-refractivity contribution in [3.63, 3.8) is 0 Å². The molecule has 1 aromatic carbocycles. The monoisotopic (exact) mass is 255 g/mol. The number of aryl methyl sites for hydroxylation is 2. The molecule has 0 fully saturated rings. The van der Waals surface area contributed by atoms with Crippen LogP contribution < -0.4 is 5.32 Å². The molecule has 98 valence electrons. The second-order valence-electron chi connectivity index (χ2n) is 4.61. The van der Waals surface area contributed by atoms with Gasteiger partial charge in [0.2, 0.25) is 0 Å². The molecule has 19 heavy (non-hydrogen) atoms. The highest BCUT2D eigenvalue weighted by atomic mass is 16.5. The summed E-state index contributed by atoms with van der Waals surface area (Å²) in [7, 11) is 0. The molecule has 4 heteroatoms. The van der Waals surface area contributed by atoms with E-state index in [9.17, 15) is 0 Å². The molecule has 2 rings (SSSR count). The maximum absolute atomic E-state index is 9.05. The van der Waals surface area contributed by atoms with E-state index < -0.39 is 0 Å². The van der Waals surface area contributed by atoms with E-state index in [0.717, 1.165) is 22.6 Å². The number of rotatable bonds is 4. The Kier molecular flexibility index (Phi) is 3.98. The van der Waals surface area contributed by atoms with Gasteiger partial charge in [0.25, 0.3) is 0 Å². The molecule has 0 aliphatic rings. The molecule has 0 bridgehead atoms. The Bertz CT molecular complexity index is 591. The molecule has 0 aliphatic heterocycles. The van der Waals surface area contributed by atoms with Crippen LogP contribution in [-0.2, 0) is 6.54 Å². The zero-order valence-corrected chi connectivity index (χ0v) is 11.4. The van der Waals surface area contributed by atoms with Crippen LogP contribution >= 0.6 is 0 Å². The van der Waals surface area contributed by atoms with Crippen LogP contribution in [-0.4, -0.2) is 5.16 Å². The molecule has 0 saturated heterocycles. The molecule has 1 aromatic heterocycles. The largest absolute Gasteiger partial charge is 0.361 e. The van der Waals surface area contributed by atoms with Crippen LogP contribution in [0.2, 0.25) is 0 Å². The summed E-state index contributed by atoms with van der Waals surface area (Å²) in [5.41, 5.74) is 3.71. The predicted molar refractivity (Wildman–Crippen MR) is 72.4 cm³/mol. The molecule has 1 unspecified atom stereocenters. The first-order valence-corrected chi connectivity index (χ1v) is 6.27. The van der Waals surface area contributed by atoms with Crippen molar-refractivity contribution in [2.24, 2.45) is 0 Å². The summed E-state index contributed by atoms with van der Waals surface area (Å²) >= 11 is 0. The van der Waals surface area contributed by atoms with E-state index in [1.54, 1.807) is 0 Å². The van der Waals surface area contributed by atoms with Crippen molar-refractivity contribution >= 4 is 0 Å². The summed E-state index contributed by atoms with van der Waals surface area (Å²) in [5.74, 6) is 0.839. The molecule has 0 radical (unpaired) electrons. The van der Waals surface area contributed by atoms with E-state index in [4.69, 9.17) is 9.78 Å². The molecule has 0 spiro atoms. The molecule has 1 N–H and O–H groups in total. The third-order valence-electron chi connectivity index (χ3n) is 3.26. The summed E-state index contributed by atoms with van der Waals surface area (Å²) in [6.07, 6.45) is 0. The van der Waals surface area contributed by atoms with Crippen molar-refractivity contribution in [1.29, 1.82) is 5.26 Å². The first-order chi connectivity index (χ1) is 9.13. The van der Waals surface area contributed by atoms with E-state index >= 15 is 0 Å². The summed E-state index contributed by atoms with van der Waals surface area (Å²) in [4.78, 5) is 0. The Labute approximate surface area is 113 Å². The maximum Gasteiger partial charge on any atom is 0.138 e. The Hall–Kier alpha value is -2.12. The molecule has 1 atom stereocenters. The minimum Gasteiger partial charge on any atom is -0.361 e. The lowest BCUT2D eigenvalue weighted by Crippen LogP contribution is -2.19. The number of benzene rings is 1. The van der Waals surface area contributed by atoms with Crippen LogP contribution in [0, 0.1) is 25.2 Å². The van der Waals surface area contributed by atoms with Gasteiger partial charge >= 0.3 is 0 Å². The van der Waals surface area contributed by atoms with Gasteiger partial charge in [0, 0.05) is 18.2 Å².